The van der Waals surface area contributed by atoms with E-state index in [0.29, 0.717) is 5.92 Å². The largest absolute Gasteiger partial charge is 1.00 e. The van der Waals surface area contributed by atoms with Crippen molar-refractivity contribution in [3.05, 3.63) is 91.0 Å². The maximum absolute atomic E-state index is 6.51. The first kappa shape index (κ1) is 25.3. The predicted octanol–water partition coefficient (Wildman–Crippen LogP) is 2.86. The van der Waals surface area contributed by atoms with Crippen LogP contribution in [0.25, 0.3) is 0 Å². The molecule has 0 aromatic heterocycles. The second kappa shape index (κ2) is 11.0. The van der Waals surface area contributed by atoms with E-state index >= 15 is 0 Å². The number of hydrogen-bond acceptors (Lipinski definition) is 1. The van der Waals surface area contributed by atoms with Crippen molar-refractivity contribution in [2.24, 2.45) is 5.92 Å². The molecule has 0 saturated carbocycles. The van der Waals surface area contributed by atoms with Gasteiger partial charge in [0.2, 0.25) is 0 Å². The van der Waals surface area contributed by atoms with E-state index in [-0.39, 0.29) is 30.1 Å². The molecule has 0 saturated heterocycles. The summed E-state index contributed by atoms with van der Waals surface area (Å²) >= 11 is 0. The van der Waals surface area contributed by atoms with Gasteiger partial charge >= 0.3 is 0 Å². The quantitative estimate of drug-likeness (QED) is 0.239. The summed E-state index contributed by atoms with van der Waals surface area (Å²) in [6.45, 7) is 11.5. The molecule has 0 heterocycles. The zero-order valence-electron chi connectivity index (χ0n) is 18.8. The van der Waals surface area contributed by atoms with Crippen LogP contribution in [-0.4, -0.2) is 20.6 Å². The average Bonchev–Trinajstić information content (AvgIpc) is 2.72. The third-order valence-corrected chi connectivity index (χ3v) is 11.2. The number of benzene rings is 3. The van der Waals surface area contributed by atoms with Crippen LogP contribution in [0.5, 0.6) is 0 Å². The average molecular weight is 549 g/mol. The molecule has 0 N–H and O–H groups in total. The van der Waals surface area contributed by atoms with E-state index in [2.05, 4.69) is 124 Å². The zero-order valence-corrected chi connectivity index (χ0v) is 22.8. The molecule has 3 rings (SSSR count). The van der Waals surface area contributed by atoms with E-state index in [1.54, 1.807) is 0 Å². The van der Waals surface area contributed by atoms with Crippen LogP contribution < -0.4 is 39.9 Å². The molecule has 4 heteroatoms. The molecule has 160 valence electrons. The summed E-state index contributed by atoms with van der Waals surface area (Å²) in [7, 11) is -3.38. The van der Waals surface area contributed by atoms with Crippen LogP contribution in [-0.2, 0) is 4.43 Å². The number of rotatable bonds is 8. The van der Waals surface area contributed by atoms with Crippen LogP contribution >= 0.6 is 7.26 Å². The van der Waals surface area contributed by atoms with Crippen LogP contribution in [0.2, 0.25) is 19.6 Å². The van der Waals surface area contributed by atoms with Gasteiger partial charge < -0.3 is 28.4 Å². The maximum Gasteiger partial charge on any atom is 0.184 e. The highest BCUT2D eigenvalue weighted by molar-refractivity contribution is 7.95. The third-order valence-electron chi connectivity index (χ3n) is 5.49. The van der Waals surface area contributed by atoms with Crippen molar-refractivity contribution in [2.45, 2.75) is 39.6 Å². The zero-order chi connectivity index (χ0) is 20.9. The van der Waals surface area contributed by atoms with Crippen molar-refractivity contribution in [1.29, 1.82) is 0 Å². The molecule has 0 spiro atoms. The fourth-order valence-electron chi connectivity index (χ4n) is 4.07. The van der Waals surface area contributed by atoms with E-state index in [4.69, 9.17) is 4.43 Å². The van der Waals surface area contributed by atoms with Gasteiger partial charge in [-0.25, -0.2) is 0 Å². The molecule has 2 unspecified atom stereocenters. The minimum Gasteiger partial charge on any atom is -1.00 e. The Morgan fingerprint density at radius 1 is 0.667 bits per heavy atom. The Hall–Kier alpha value is -1.00. The molecule has 0 aliphatic rings. The Bertz CT molecular complexity index is 785. The molecule has 0 aliphatic heterocycles. The highest BCUT2D eigenvalue weighted by Gasteiger charge is 2.47. The molecule has 1 nitrogen and oxygen atoms in total. The van der Waals surface area contributed by atoms with Gasteiger partial charge in [0, 0.05) is 12.0 Å². The van der Waals surface area contributed by atoms with Gasteiger partial charge in [0.15, 0.2) is 8.32 Å². The molecule has 30 heavy (non-hydrogen) atoms. The molecule has 0 bridgehead atoms. The van der Waals surface area contributed by atoms with Gasteiger partial charge in [-0.15, -0.1) is 0 Å². The van der Waals surface area contributed by atoms with Gasteiger partial charge in [-0.05, 0) is 63.0 Å². The molecule has 0 aliphatic carbocycles. The Kier molecular flexibility index (Phi) is 9.29. The SMILES string of the molecule is CC(C[P+](c1ccccc1)(c1ccccc1)c1ccccc1)C(C)O[Si](C)(C)C.[I-]. The number of halogens is 1. The predicted molar refractivity (Wildman–Crippen MR) is 133 cm³/mol. The molecule has 3 aromatic carbocycles. The first-order valence-corrected chi connectivity index (χ1v) is 15.9. The van der Waals surface area contributed by atoms with E-state index in [0.717, 1.165) is 6.16 Å². The van der Waals surface area contributed by atoms with E-state index in [9.17, 15) is 0 Å². The van der Waals surface area contributed by atoms with Gasteiger partial charge in [-0.2, -0.15) is 0 Å². The fourth-order valence-corrected chi connectivity index (χ4v) is 10.1. The molecule has 0 amide bonds. The molecule has 3 aromatic rings. The molecule has 0 fully saturated rings. The van der Waals surface area contributed by atoms with Gasteiger partial charge in [0.05, 0.1) is 6.16 Å². The summed E-state index contributed by atoms with van der Waals surface area (Å²) < 4.78 is 6.51. The van der Waals surface area contributed by atoms with Crippen molar-refractivity contribution < 1.29 is 28.4 Å². The lowest BCUT2D eigenvalue weighted by molar-refractivity contribution is -0.00000793. The van der Waals surface area contributed by atoms with Crippen molar-refractivity contribution in [2.75, 3.05) is 6.16 Å². The highest BCUT2D eigenvalue weighted by Crippen LogP contribution is 2.57. The Balaban J connectivity index is 0.00000320. The van der Waals surface area contributed by atoms with E-state index in [1.165, 1.54) is 15.9 Å². The van der Waals surface area contributed by atoms with Crippen molar-refractivity contribution in [3.8, 4) is 0 Å². The monoisotopic (exact) mass is 548 g/mol. The third kappa shape index (κ3) is 6.03. The molecular weight excluding hydrogens is 514 g/mol. The topological polar surface area (TPSA) is 9.23 Å². The van der Waals surface area contributed by atoms with Crippen molar-refractivity contribution >= 4 is 31.5 Å². The molecule has 2 atom stereocenters. The summed E-state index contributed by atoms with van der Waals surface area (Å²) in [5, 5.41) is 4.35. The first-order chi connectivity index (χ1) is 13.8. The summed E-state index contributed by atoms with van der Waals surface area (Å²) in [4.78, 5) is 0. The molecular formula is C26H34IOPSi. The lowest BCUT2D eigenvalue weighted by Crippen LogP contribution is -3.00. The van der Waals surface area contributed by atoms with E-state index in [1.807, 2.05) is 0 Å². The minimum atomic E-state index is -1.79. The molecule has 0 radical (unpaired) electrons. The lowest BCUT2D eigenvalue weighted by atomic mass is 10.1. The first-order valence-electron chi connectivity index (χ1n) is 10.6. The Morgan fingerprint density at radius 2 is 1.00 bits per heavy atom. The van der Waals surface area contributed by atoms with Gasteiger partial charge in [0.25, 0.3) is 0 Å². The van der Waals surface area contributed by atoms with Gasteiger partial charge in [0.1, 0.15) is 23.2 Å². The van der Waals surface area contributed by atoms with Gasteiger partial charge in [-0.3, -0.25) is 0 Å². The standard InChI is InChI=1S/C26H34OPSi.HI/c1-22(23(2)27-29(3,4)5)21-28(24-15-9-6-10-16-24,25-17-11-7-12-18-25)26-19-13-8-14-20-26;/h6-20,22-23H,21H2,1-5H3;1H/q+1;/p-1. The van der Waals surface area contributed by atoms with Crippen LogP contribution in [0, 0.1) is 5.92 Å². The van der Waals surface area contributed by atoms with Crippen LogP contribution in [0.4, 0.5) is 0 Å². The summed E-state index contributed by atoms with van der Waals surface area (Å²) in [6, 6.07) is 33.4. The van der Waals surface area contributed by atoms with Crippen molar-refractivity contribution in [3.63, 3.8) is 0 Å². The Labute approximate surface area is 201 Å². The van der Waals surface area contributed by atoms with Crippen molar-refractivity contribution in [1.82, 2.24) is 0 Å². The lowest BCUT2D eigenvalue weighted by Gasteiger charge is -2.34. The van der Waals surface area contributed by atoms with E-state index < -0.39 is 15.6 Å². The second-order valence-electron chi connectivity index (χ2n) is 8.91. The fraction of sp³-hybridized carbons (Fsp3) is 0.308. The summed E-state index contributed by atoms with van der Waals surface area (Å²) in [6.07, 6.45) is 1.36. The second-order valence-corrected chi connectivity index (χ2v) is 16.9. The minimum absolute atomic E-state index is 0. The smallest absolute Gasteiger partial charge is 0.184 e. The summed E-state index contributed by atoms with van der Waals surface area (Å²) in [5.74, 6) is 0.454. The van der Waals surface area contributed by atoms with Crippen LogP contribution in [0.15, 0.2) is 91.0 Å². The normalized spacial score (nSPS) is 13.9. The van der Waals surface area contributed by atoms with Crippen LogP contribution in [0.3, 0.4) is 0 Å². The van der Waals surface area contributed by atoms with Crippen LogP contribution in [0.1, 0.15) is 13.8 Å². The Morgan fingerprint density at radius 3 is 1.30 bits per heavy atom. The maximum atomic E-state index is 6.51. The highest BCUT2D eigenvalue weighted by atomic mass is 127. The summed E-state index contributed by atoms with van der Waals surface area (Å²) in [5.41, 5.74) is 0. The van der Waals surface area contributed by atoms with Gasteiger partial charge in [-0.1, -0.05) is 61.5 Å². The number of hydrogen-bond donors (Lipinski definition) is 0.